The maximum atomic E-state index is 9.70. The first-order valence-corrected chi connectivity index (χ1v) is 5.70. The Morgan fingerprint density at radius 1 is 1.31 bits per heavy atom. The molecule has 1 aromatic rings. The highest BCUT2D eigenvalue weighted by atomic mass is 16.4. The minimum Gasteiger partial charge on any atom is -0.507 e. The van der Waals surface area contributed by atoms with Gasteiger partial charge in [0.15, 0.2) is 0 Å². The fourth-order valence-corrected chi connectivity index (χ4v) is 1.66. The topological polar surface area (TPSA) is 52.8 Å². The number of oxime groups is 1. The molecule has 0 heterocycles. The fraction of sp³-hybridized carbons (Fsp3) is 0.462. The van der Waals surface area contributed by atoms with Gasteiger partial charge in [-0.05, 0) is 31.9 Å². The summed E-state index contributed by atoms with van der Waals surface area (Å²) in [7, 11) is 0. The lowest BCUT2D eigenvalue weighted by molar-refractivity contribution is 0.317. The number of hydrogen-bond donors (Lipinski definition) is 2. The van der Waals surface area contributed by atoms with Crippen LogP contribution in [0.15, 0.2) is 23.4 Å². The number of benzene rings is 1. The lowest BCUT2D eigenvalue weighted by Crippen LogP contribution is -2.02. The van der Waals surface area contributed by atoms with Crippen molar-refractivity contribution in [1.82, 2.24) is 0 Å². The summed E-state index contributed by atoms with van der Waals surface area (Å²) in [4.78, 5) is 0. The zero-order chi connectivity index (χ0) is 12.0. The smallest absolute Gasteiger partial charge is 0.124 e. The van der Waals surface area contributed by atoms with E-state index in [1.165, 1.54) is 0 Å². The molecule has 16 heavy (non-hydrogen) atoms. The highest BCUT2D eigenvalue weighted by Gasteiger charge is 2.09. The third-order valence-corrected chi connectivity index (χ3v) is 2.60. The molecule has 0 saturated carbocycles. The number of rotatable bonds is 5. The molecule has 0 aliphatic carbocycles. The zero-order valence-electron chi connectivity index (χ0n) is 9.90. The SMILES string of the molecule is CCCCCC(=NO)c1cc(C)ccc1O. The summed E-state index contributed by atoms with van der Waals surface area (Å²) in [5.74, 6) is 0.176. The van der Waals surface area contributed by atoms with Crippen molar-refractivity contribution in [3.8, 4) is 5.75 Å². The first-order valence-electron chi connectivity index (χ1n) is 5.70. The van der Waals surface area contributed by atoms with E-state index in [0.29, 0.717) is 17.7 Å². The Bertz CT molecular complexity index is 372. The zero-order valence-corrected chi connectivity index (χ0v) is 9.90. The number of aromatic hydroxyl groups is 1. The lowest BCUT2D eigenvalue weighted by Gasteiger charge is -2.07. The first-order chi connectivity index (χ1) is 7.69. The van der Waals surface area contributed by atoms with E-state index in [9.17, 15) is 5.11 Å². The molecule has 0 aliphatic rings. The molecule has 0 fully saturated rings. The molecule has 0 unspecified atom stereocenters. The van der Waals surface area contributed by atoms with Crippen LogP contribution in [0.4, 0.5) is 0 Å². The molecular weight excluding hydrogens is 202 g/mol. The summed E-state index contributed by atoms with van der Waals surface area (Å²) in [6.07, 6.45) is 3.90. The standard InChI is InChI=1S/C13H19NO2/c1-3-4-5-6-12(14-16)11-9-10(2)7-8-13(11)15/h7-9,15-16H,3-6H2,1-2H3. The van der Waals surface area contributed by atoms with Crippen LogP contribution in [-0.2, 0) is 0 Å². The van der Waals surface area contributed by atoms with Gasteiger partial charge in [0.1, 0.15) is 5.75 Å². The average Bonchev–Trinajstić information content (AvgIpc) is 2.28. The normalized spacial score (nSPS) is 11.8. The first kappa shape index (κ1) is 12.6. The molecule has 1 rings (SSSR count). The van der Waals surface area contributed by atoms with Crippen LogP contribution in [0, 0.1) is 6.92 Å². The maximum Gasteiger partial charge on any atom is 0.124 e. The van der Waals surface area contributed by atoms with Crippen LogP contribution < -0.4 is 0 Å². The van der Waals surface area contributed by atoms with Crippen LogP contribution in [0.2, 0.25) is 0 Å². The molecular formula is C13H19NO2. The molecule has 0 spiro atoms. The Labute approximate surface area is 96.4 Å². The average molecular weight is 221 g/mol. The van der Waals surface area contributed by atoms with E-state index in [2.05, 4.69) is 12.1 Å². The minimum absolute atomic E-state index is 0.176. The summed E-state index contributed by atoms with van der Waals surface area (Å²) in [6.45, 7) is 4.07. The van der Waals surface area contributed by atoms with Crippen LogP contribution in [0.1, 0.15) is 43.7 Å². The molecule has 0 aliphatic heterocycles. The van der Waals surface area contributed by atoms with Crippen molar-refractivity contribution in [3.05, 3.63) is 29.3 Å². The Morgan fingerprint density at radius 2 is 2.06 bits per heavy atom. The lowest BCUT2D eigenvalue weighted by atomic mass is 10.0. The third kappa shape index (κ3) is 3.26. The van der Waals surface area contributed by atoms with Gasteiger partial charge in [0.25, 0.3) is 0 Å². The molecule has 88 valence electrons. The van der Waals surface area contributed by atoms with Gasteiger partial charge in [0.05, 0.1) is 5.71 Å². The Hall–Kier alpha value is -1.51. The van der Waals surface area contributed by atoms with E-state index in [1.807, 2.05) is 19.1 Å². The quantitative estimate of drug-likeness (QED) is 0.346. The third-order valence-electron chi connectivity index (χ3n) is 2.60. The Kier molecular flexibility index (Phi) is 4.83. The van der Waals surface area contributed by atoms with Gasteiger partial charge in [-0.1, -0.05) is 36.6 Å². The van der Waals surface area contributed by atoms with Crippen molar-refractivity contribution < 1.29 is 10.3 Å². The molecule has 0 saturated heterocycles. The predicted molar refractivity (Wildman–Crippen MR) is 65.3 cm³/mol. The summed E-state index contributed by atoms with van der Waals surface area (Å²) in [6, 6.07) is 5.31. The number of hydrogen-bond acceptors (Lipinski definition) is 3. The molecule has 0 bridgehead atoms. The molecule has 3 nitrogen and oxygen atoms in total. The molecule has 3 heteroatoms. The monoisotopic (exact) mass is 221 g/mol. The minimum atomic E-state index is 0.176. The van der Waals surface area contributed by atoms with Gasteiger partial charge in [-0.15, -0.1) is 0 Å². The summed E-state index contributed by atoms with van der Waals surface area (Å²) in [5, 5.41) is 22.0. The molecule has 0 radical (unpaired) electrons. The van der Waals surface area contributed by atoms with Gasteiger partial charge in [-0.2, -0.15) is 0 Å². The molecule has 2 N–H and O–H groups in total. The van der Waals surface area contributed by atoms with Crippen molar-refractivity contribution in [3.63, 3.8) is 0 Å². The number of phenolic OH excluding ortho intramolecular Hbond substituents is 1. The van der Waals surface area contributed by atoms with Crippen LogP contribution >= 0.6 is 0 Å². The number of phenols is 1. The van der Waals surface area contributed by atoms with Crippen molar-refractivity contribution in [1.29, 1.82) is 0 Å². The van der Waals surface area contributed by atoms with E-state index in [-0.39, 0.29) is 5.75 Å². The van der Waals surface area contributed by atoms with E-state index in [0.717, 1.165) is 24.8 Å². The van der Waals surface area contributed by atoms with Crippen LogP contribution in [-0.4, -0.2) is 16.0 Å². The second-order valence-electron chi connectivity index (χ2n) is 4.02. The van der Waals surface area contributed by atoms with Gasteiger partial charge in [-0.3, -0.25) is 0 Å². The van der Waals surface area contributed by atoms with Crippen molar-refractivity contribution in [2.24, 2.45) is 5.16 Å². The summed E-state index contributed by atoms with van der Waals surface area (Å²) in [5.41, 5.74) is 2.25. The second-order valence-corrected chi connectivity index (χ2v) is 4.02. The number of unbranched alkanes of at least 4 members (excludes halogenated alkanes) is 2. The Balaban J connectivity index is 2.83. The van der Waals surface area contributed by atoms with E-state index < -0.39 is 0 Å². The van der Waals surface area contributed by atoms with Crippen molar-refractivity contribution in [2.75, 3.05) is 0 Å². The van der Waals surface area contributed by atoms with Crippen LogP contribution in [0.5, 0.6) is 5.75 Å². The van der Waals surface area contributed by atoms with Crippen LogP contribution in [0.3, 0.4) is 0 Å². The largest absolute Gasteiger partial charge is 0.507 e. The van der Waals surface area contributed by atoms with Crippen molar-refractivity contribution >= 4 is 5.71 Å². The highest BCUT2D eigenvalue weighted by Crippen LogP contribution is 2.21. The predicted octanol–water partition coefficient (Wildman–Crippen LogP) is 3.46. The number of nitrogens with zero attached hydrogens (tertiary/aromatic N) is 1. The molecule has 1 aromatic carbocycles. The van der Waals surface area contributed by atoms with Crippen LogP contribution in [0.25, 0.3) is 0 Å². The Morgan fingerprint density at radius 3 is 2.69 bits per heavy atom. The highest BCUT2D eigenvalue weighted by molar-refractivity contribution is 6.02. The van der Waals surface area contributed by atoms with E-state index in [4.69, 9.17) is 5.21 Å². The second kappa shape index (κ2) is 6.16. The molecule has 0 atom stereocenters. The summed E-state index contributed by atoms with van der Waals surface area (Å²) < 4.78 is 0. The van der Waals surface area contributed by atoms with Gasteiger partial charge in [0.2, 0.25) is 0 Å². The van der Waals surface area contributed by atoms with Crippen molar-refractivity contribution in [2.45, 2.75) is 39.5 Å². The molecule has 0 amide bonds. The van der Waals surface area contributed by atoms with E-state index >= 15 is 0 Å². The van der Waals surface area contributed by atoms with Gasteiger partial charge < -0.3 is 10.3 Å². The maximum absolute atomic E-state index is 9.70. The molecule has 0 aromatic heterocycles. The number of aryl methyl sites for hydroxylation is 1. The summed E-state index contributed by atoms with van der Waals surface area (Å²) >= 11 is 0. The van der Waals surface area contributed by atoms with Gasteiger partial charge in [-0.25, -0.2) is 0 Å². The van der Waals surface area contributed by atoms with Gasteiger partial charge >= 0.3 is 0 Å². The van der Waals surface area contributed by atoms with Gasteiger partial charge in [0, 0.05) is 5.56 Å². The van der Waals surface area contributed by atoms with E-state index in [1.54, 1.807) is 6.07 Å². The fourth-order valence-electron chi connectivity index (χ4n) is 1.66.